The molecule has 1 aromatic carbocycles. The fourth-order valence-corrected chi connectivity index (χ4v) is 1.87. The first-order chi connectivity index (χ1) is 8.97. The fourth-order valence-electron chi connectivity index (χ4n) is 1.87. The van der Waals surface area contributed by atoms with Gasteiger partial charge >= 0.3 is 0 Å². The fraction of sp³-hybridized carbons (Fsp3) is 0.467. The van der Waals surface area contributed by atoms with Gasteiger partial charge in [-0.25, -0.2) is 0 Å². The SMILES string of the molecule is CNC(=O)C(C)N(Cc1ccccc1)C(=O)C(C)C. The van der Waals surface area contributed by atoms with Crippen LogP contribution in [0.4, 0.5) is 0 Å². The average Bonchev–Trinajstić information content (AvgIpc) is 2.43. The third kappa shape index (κ3) is 4.09. The van der Waals surface area contributed by atoms with E-state index >= 15 is 0 Å². The summed E-state index contributed by atoms with van der Waals surface area (Å²) in [6.07, 6.45) is 0. The van der Waals surface area contributed by atoms with Crippen LogP contribution in [-0.4, -0.2) is 29.8 Å². The molecule has 104 valence electrons. The Bertz CT molecular complexity index is 429. The molecular weight excluding hydrogens is 240 g/mol. The number of rotatable bonds is 5. The van der Waals surface area contributed by atoms with Crippen LogP contribution in [0.5, 0.6) is 0 Å². The summed E-state index contributed by atoms with van der Waals surface area (Å²) in [6, 6.07) is 9.23. The van der Waals surface area contributed by atoms with E-state index in [-0.39, 0.29) is 17.7 Å². The van der Waals surface area contributed by atoms with Gasteiger partial charge in [0.1, 0.15) is 6.04 Å². The van der Waals surface area contributed by atoms with Gasteiger partial charge in [-0.2, -0.15) is 0 Å². The normalized spacial score (nSPS) is 12.1. The molecule has 0 aliphatic rings. The smallest absolute Gasteiger partial charge is 0.242 e. The highest BCUT2D eigenvalue weighted by atomic mass is 16.2. The standard InChI is InChI=1S/C15H22N2O2/c1-11(2)15(19)17(12(3)14(18)16-4)10-13-8-6-5-7-9-13/h5-9,11-12H,10H2,1-4H3,(H,16,18). The van der Waals surface area contributed by atoms with Crippen LogP contribution < -0.4 is 5.32 Å². The Labute approximate surface area is 114 Å². The van der Waals surface area contributed by atoms with Crippen molar-refractivity contribution in [1.82, 2.24) is 10.2 Å². The van der Waals surface area contributed by atoms with Gasteiger partial charge in [-0.1, -0.05) is 44.2 Å². The second-order valence-corrected chi connectivity index (χ2v) is 4.90. The Morgan fingerprint density at radius 1 is 1.16 bits per heavy atom. The summed E-state index contributed by atoms with van der Waals surface area (Å²) in [5.41, 5.74) is 1.02. The number of benzene rings is 1. The summed E-state index contributed by atoms with van der Waals surface area (Å²) >= 11 is 0. The summed E-state index contributed by atoms with van der Waals surface area (Å²) in [4.78, 5) is 25.6. The molecule has 0 saturated carbocycles. The Morgan fingerprint density at radius 3 is 2.21 bits per heavy atom. The Balaban J connectivity index is 2.93. The van der Waals surface area contributed by atoms with E-state index in [4.69, 9.17) is 0 Å². The average molecular weight is 262 g/mol. The molecule has 1 atom stereocenters. The number of nitrogens with one attached hydrogen (secondary N) is 1. The van der Waals surface area contributed by atoms with Gasteiger partial charge in [-0.15, -0.1) is 0 Å². The molecule has 2 amide bonds. The molecule has 0 radical (unpaired) electrons. The minimum Gasteiger partial charge on any atom is -0.357 e. The number of carbonyl (C=O) groups is 2. The molecule has 19 heavy (non-hydrogen) atoms. The zero-order valence-corrected chi connectivity index (χ0v) is 12.0. The van der Waals surface area contributed by atoms with Crippen molar-refractivity contribution < 1.29 is 9.59 Å². The summed E-state index contributed by atoms with van der Waals surface area (Å²) in [5.74, 6) is -0.291. The molecule has 4 nitrogen and oxygen atoms in total. The Morgan fingerprint density at radius 2 is 1.74 bits per heavy atom. The predicted molar refractivity (Wildman–Crippen MR) is 75.4 cm³/mol. The second-order valence-electron chi connectivity index (χ2n) is 4.90. The summed E-state index contributed by atoms with van der Waals surface area (Å²) in [7, 11) is 1.58. The maximum absolute atomic E-state index is 12.3. The molecule has 0 aliphatic carbocycles. The van der Waals surface area contributed by atoms with E-state index in [0.29, 0.717) is 6.54 Å². The first-order valence-electron chi connectivity index (χ1n) is 6.53. The third-order valence-corrected chi connectivity index (χ3v) is 3.07. The van der Waals surface area contributed by atoms with Gasteiger partial charge < -0.3 is 10.2 Å². The number of likely N-dealkylation sites (N-methyl/N-ethyl adjacent to an activating group) is 1. The largest absolute Gasteiger partial charge is 0.357 e. The molecule has 0 aliphatic heterocycles. The monoisotopic (exact) mass is 262 g/mol. The van der Waals surface area contributed by atoms with Crippen molar-refractivity contribution in [3.05, 3.63) is 35.9 Å². The highest BCUT2D eigenvalue weighted by Gasteiger charge is 2.26. The molecule has 1 aromatic rings. The number of hydrogen-bond donors (Lipinski definition) is 1. The first-order valence-corrected chi connectivity index (χ1v) is 6.53. The van der Waals surface area contributed by atoms with Crippen molar-refractivity contribution in [3.8, 4) is 0 Å². The van der Waals surface area contributed by atoms with Gasteiger partial charge in [0, 0.05) is 19.5 Å². The highest BCUT2D eigenvalue weighted by Crippen LogP contribution is 2.12. The Kier molecular flexibility index (Phi) is 5.55. The lowest BCUT2D eigenvalue weighted by Gasteiger charge is -2.29. The molecule has 0 heterocycles. The summed E-state index contributed by atoms with van der Waals surface area (Å²) in [6.45, 7) is 5.89. The minimum absolute atomic E-state index is 0.0139. The van der Waals surface area contributed by atoms with Crippen molar-refractivity contribution in [3.63, 3.8) is 0 Å². The number of nitrogens with zero attached hydrogens (tertiary/aromatic N) is 1. The van der Waals surface area contributed by atoms with Crippen molar-refractivity contribution in [2.24, 2.45) is 5.92 Å². The predicted octanol–water partition coefficient (Wildman–Crippen LogP) is 1.81. The van der Waals surface area contributed by atoms with Gasteiger partial charge in [-0.05, 0) is 12.5 Å². The topological polar surface area (TPSA) is 49.4 Å². The lowest BCUT2D eigenvalue weighted by molar-refractivity contribution is -0.142. The molecule has 1 unspecified atom stereocenters. The lowest BCUT2D eigenvalue weighted by Crippen LogP contribution is -2.48. The quantitative estimate of drug-likeness (QED) is 0.879. The van der Waals surface area contributed by atoms with Gasteiger partial charge in [0.2, 0.25) is 11.8 Å². The van der Waals surface area contributed by atoms with E-state index in [1.165, 1.54) is 0 Å². The van der Waals surface area contributed by atoms with Gasteiger partial charge in [0.05, 0.1) is 0 Å². The van der Waals surface area contributed by atoms with Crippen molar-refractivity contribution in [1.29, 1.82) is 0 Å². The molecule has 0 saturated heterocycles. The molecule has 0 spiro atoms. The highest BCUT2D eigenvalue weighted by molar-refractivity contribution is 5.87. The van der Waals surface area contributed by atoms with E-state index in [1.54, 1.807) is 18.9 Å². The van der Waals surface area contributed by atoms with Crippen LogP contribution >= 0.6 is 0 Å². The first kappa shape index (κ1) is 15.2. The zero-order valence-electron chi connectivity index (χ0n) is 12.0. The molecule has 0 fully saturated rings. The van der Waals surface area contributed by atoms with Crippen molar-refractivity contribution in [2.75, 3.05) is 7.05 Å². The number of hydrogen-bond acceptors (Lipinski definition) is 2. The van der Waals surface area contributed by atoms with Crippen molar-refractivity contribution in [2.45, 2.75) is 33.4 Å². The van der Waals surface area contributed by atoms with Crippen LogP contribution in [0.25, 0.3) is 0 Å². The van der Waals surface area contributed by atoms with E-state index in [2.05, 4.69) is 5.32 Å². The van der Waals surface area contributed by atoms with Crippen LogP contribution in [-0.2, 0) is 16.1 Å². The molecule has 1 N–H and O–H groups in total. The lowest BCUT2D eigenvalue weighted by atomic mass is 10.1. The van der Waals surface area contributed by atoms with Crippen LogP contribution in [0.3, 0.4) is 0 Å². The number of amides is 2. The van der Waals surface area contributed by atoms with Gasteiger partial charge in [0.25, 0.3) is 0 Å². The summed E-state index contributed by atoms with van der Waals surface area (Å²) in [5, 5.41) is 2.59. The molecular formula is C15H22N2O2. The van der Waals surface area contributed by atoms with Crippen LogP contribution in [0.2, 0.25) is 0 Å². The Hall–Kier alpha value is -1.84. The second kappa shape index (κ2) is 6.92. The third-order valence-electron chi connectivity index (χ3n) is 3.07. The van der Waals surface area contributed by atoms with E-state index < -0.39 is 6.04 Å². The number of carbonyl (C=O) groups excluding carboxylic acids is 2. The zero-order chi connectivity index (χ0) is 14.4. The van der Waals surface area contributed by atoms with E-state index in [1.807, 2.05) is 44.2 Å². The summed E-state index contributed by atoms with van der Waals surface area (Å²) < 4.78 is 0. The van der Waals surface area contributed by atoms with Crippen LogP contribution in [0.15, 0.2) is 30.3 Å². The molecule has 0 aromatic heterocycles. The molecule has 0 bridgehead atoms. The molecule has 4 heteroatoms. The van der Waals surface area contributed by atoms with Crippen molar-refractivity contribution >= 4 is 11.8 Å². The molecule has 1 rings (SSSR count). The van der Waals surface area contributed by atoms with Crippen LogP contribution in [0.1, 0.15) is 26.3 Å². The van der Waals surface area contributed by atoms with Crippen LogP contribution in [0, 0.1) is 5.92 Å². The van der Waals surface area contributed by atoms with E-state index in [0.717, 1.165) is 5.56 Å². The van der Waals surface area contributed by atoms with E-state index in [9.17, 15) is 9.59 Å². The maximum Gasteiger partial charge on any atom is 0.242 e. The van der Waals surface area contributed by atoms with Gasteiger partial charge in [-0.3, -0.25) is 9.59 Å². The minimum atomic E-state index is -0.472. The van der Waals surface area contributed by atoms with Gasteiger partial charge in [0.15, 0.2) is 0 Å². The maximum atomic E-state index is 12.3.